The first kappa shape index (κ1) is 6.22. The second kappa shape index (κ2) is 2.59. The Morgan fingerprint density at radius 1 is 2.00 bits per heavy atom. The van der Waals surface area contributed by atoms with Crippen molar-refractivity contribution in [1.82, 2.24) is 9.78 Å². The van der Waals surface area contributed by atoms with Gasteiger partial charge in [-0.2, -0.15) is 5.10 Å². The van der Waals surface area contributed by atoms with E-state index in [0.29, 0.717) is 6.54 Å². The smallest absolute Gasteiger partial charge is 0.255 e. The fourth-order valence-corrected chi connectivity index (χ4v) is 0.972. The van der Waals surface area contributed by atoms with Crippen LogP contribution in [0.2, 0.25) is 0 Å². The summed E-state index contributed by atoms with van der Waals surface area (Å²) in [6.45, 7) is 3.98. The van der Waals surface area contributed by atoms with E-state index in [1.165, 1.54) is 10.2 Å². The second-order valence-electron chi connectivity index (χ2n) is 1.48. The lowest BCUT2D eigenvalue weighted by molar-refractivity contribution is 0.681. The Morgan fingerprint density at radius 3 is 3.22 bits per heavy atom. The number of allylic oxidation sites excluding steroid dienone is 1. The summed E-state index contributed by atoms with van der Waals surface area (Å²) < 4.78 is 1.36. The average Bonchev–Trinajstić information content (AvgIpc) is 2.18. The van der Waals surface area contributed by atoms with E-state index in [2.05, 4.69) is 11.7 Å². The Kier molecular flexibility index (Phi) is 1.79. The van der Waals surface area contributed by atoms with Gasteiger partial charge in [0.25, 0.3) is 0 Å². The molecule has 0 spiro atoms. The summed E-state index contributed by atoms with van der Waals surface area (Å²) in [5.41, 5.74) is 1.52. The first-order valence-corrected chi connectivity index (χ1v) is 3.34. The molecular formula is C5H6N2OS. The topological polar surface area (TPSA) is 34.9 Å². The van der Waals surface area contributed by atoms with Crippen molar-refractivity contribution in [2.24, 2.45) is 0 Å². The molecule has 0 N–H and O–H groups in total. The number of hydrogen-bond acceptors (Lipinski definition) is 3. The monoisotopic (exact) mass is 142 g/mol. The zero-order chi connectivity index (χ0) is 6.69. The van der Waals surface area contributed by atoms with Crippen LogP contribution in [0.1, 0.15) is 0 Å². The van der Waals surface area contributed by atoms with E-state index in [4.69, 9.17) is 0 Å². The Morgan fingerprint density at radius 2 is 2.78 bits per heavy atom. The molecule has 0 saturated carbocycles. The highest BCUT2D eigenvalue weighted by molar-refractivity contribution is 7.06. The van der Waals surface area contributed by atoms with Crippen LogP contribution in [0.25, 0.3) is 0 Å². The van der Waals surface area contributed by atoms with Crippen molar-refractivity contribution < 1.29 is 0 Å². The van der Waals surface area contributed by atoms with E-state index in [1.54, 1.807) is 6.08 Å². The van der Waals surface area contributed by atoms with Crippen LogP contribution in [0.4, 0.5) is 0 Å². The van der Waals surface area contributed by atoms with E-state index in [9.17, 15) is 4.79 Å². The van der Waals surface area contributed by atoms with Crippen molar-refractivity contribution in [1.29, 1.82) is 0 Å². The predicted molar refractivity (Wildman–Crippen MR) is 36.6 cm³/mol. The molecule has 0 aromatic carbocycles. The van der Waals surface area contributed by atoms with Gasteiger partial charge in [-0.3, -0.25) is 4.79 Å². The van der Waals surface area contributed by atoms with Crippen molar-refractivity contribution >= 4 is 11.3 Å². The average molecular weight is 142 g/mol. The Hall–Kier alpha value is -0.900. The minimum Gasteiger partial charge on any atom is -0.255 e. The van der Waals surface area contributed by atoms with Gasteiger partial charge in [0.2, 0.25) is 0 Å². The van der Waals surface area contributed by atoms with Crippen LogP contribution in [0.3, 0.4) is 0 Å². The maximum Gasteiger partial charge on any atom is 0.325 e. The standard InChI is InChI=1S/C5H6N2OS/c1-2-3-7-5(8)9-4-6-7/h2,4H,1,3H2. The van der Waals surface area contributed by atoms with Gasteiger partial charge >= 0.3 is 4.87 Å². The minimum atomic E-state index is -0.0325. The van der Waals surface area contributed by atoms with Crippen molar-refractivity contribution in [3.8, 4) is 0 Å². The fraction of sp³-hybridized carbons (Fsp3) is 0.200. The fourth-order valence-electron chi connectivity index (χ4n) is 0.477. The molecule has 3 nitrogen and oxygen atoms in total. The highest BCUT2D eigenvalue weighted by Crippen LogP contribution is 1.81. The molecule has 0 aliphatic carbocycles. The van der Waals surface area contributed by atoms with Crippen LogP contribution in [0, 0.1) is 0 Å². The van der Waals surface area contributed by atoms with Crippen LogP contribution < -0.4 is 4.87 Å². The van der Waals surface area contributed by atoms with E-state index in [-0.39, 0.29) is 4.87 Å². The molecule has 0 unspecified atom stereocenters. The van der Waals surface area contributed by atoms with Gasteiger partial charge in [0.05, 0.1) is 6.54 Å². The number of hydrogen-bond donors (Lipinski definition) is 0. The molecule has 4 heteroatoms. The van der Waals surface area contributed by atoms with Gasteiger partial charge in [0, 0.05) is 0 Å². The molecule has 0 saturated heterocycles. The van der Waals surface area contributed by atoms with E-state index in [1.807, 2.05) is 0 Å². The van der Waals surface area contributed by atoms with Gasteiger partial charge in [-0.15, -0.1) is 6.58 Å². The summed E-state index contributed by atoms with van der Waals surface area (Å²) in [5, 5.41) is 3.76. The highest BCUT2D eigenvalue weighted by atomic mass is 32.1. The zero-order valence-corrected chi connectivity index (χ0v) is 5.60. The number of aromatic nitrogens is 2. The summed E-state index contributed by atoms with van der Waals surface area (Å²) in [6, 6.07) is 0. The number of nitrogens with zero attached hydrogens (tertiary/aromatic N) is 2. The SMILES string of the molecule is C=CCn1ncsc1=O. The lowest BCUT2D eigenvalue weighted by Gasteiger charge is -1.87. The van der Waals surface area contributed by atoms with Gasteiger partial charge in [-0.1, -0.05) is 17.4 Å². The van der Waals surface area contributed by atoms with Crippen LogP contribution >= 0.6 is 11.3 Å². The molecule has 1 aromatic rings. The Balaban J connectivity index is 2.93. The quantitative estimate of drug-likeness (QED) is 0.563. The van der Waals surface area contributed by atoms with Gasteiger partial charge in [-0.05, 0) is 0 Å². The molecule has 0 bridgehead atoms. The molecule has 1 rings (SSSR count). The normalized spacial score (nSPS) is 9.33. The molecule has 0 radical (unpaired) electrons. The summed E-state index contributed by atoms with van der Waals surface area (Å²) in [4.78, 5) is 10.6. The molecule has 0 aliphatic rings. The first-order valence-electron chi connectivity index (χ1n) is 2.46. The molecule has 0 fully saturated rings. The van der Waals surface area contributed by atoms with Crippen LogP contribution in [-0.2, 0) is 6.54 Å². The summed E-state index contributed by atoms with van der Waals surface area (Å²) in [7, 11) is 0. The van der Waals surface area contributed by atoms with Crippen LogP contribution in [-0.4, -0.2) is 9.78 Å². The Labute approximate surface area is 56.3 Å². The maximum atomic E-state index is 10.7. The lowest BCUT2D eigenvalue weighted by atomic mass is 10.6. The van der Waals surface area contributed by atoms with Crippen molar-refractivity contribution in [2.45, 2.75) is 6.54 Å². The van der Waals surface area contributed by atoms with Crippen molar-refractivity contribution in [3.63, 3.8) is 0 Å². The van der Waals surface area contributed by atoms with Gasteiger partial charge in [0.15, 0.2) is 0 Å². The highest BCUT2D eigenvalue weighted by Gasteiger charge is 1.91. The van der Waals surface area contributed by atoms with Gasteiger partial charge < -0.3 is 0 Å². The van der Waals surface area contributed by atoms with E-state index >= 15 is 0 Å². The van der Waals surface area contributed by atoms with E-state index < -0.39 is 0 Å². The minimum absolute atomic E-state index is 0.0325. The maximum absolute atomic E-state index is 10.7. The third kappa shape index (κ3) is 1.26. The second-order valence-corrected chi connectivity index (χ2v) is 2.27. The van der Waals surface area contributed by atoms with Crippen molar-refractivity contribution in [3.05, 3.63) is 27.8 Å². The zero-order valence-electron chi connectivity index (χ0n) is 4.78. The third-order valence-corrected chi connectivity index (χ3v) is 1.46. The molecule has 9 heavy (non-hydrogen) atoms. The molecule has 0 atom stereocenters. The summed E-state index contributed by atoms with van der Waals surface area (Å²) in [6.07, 6.45) is 1.64. The van der Waals surface area contributed by atoms with Gasteiger partial charge in [-0.25, -0.2) is 4.68 Å². The van der Waals surface area contributed by atoms with Gasteiger partial charge in [0.1, 0.15) is 5.51 Å². The summed E-state index contributed by atoms with van der Waals surface area (Å²) >= 11 is 1.09. The molecule has 0 aliphatic heterocycles. The third-order valence-electron chi connectivity index (χ3n) is 0.853. The molecular weight excluding hydrogens is 136 g/mol. The van der Waals surface area contributed by atoms with Crippen LogP contribution in [0.15, 0.2) is 23.0 Å². The molecule has 1 aromatic heterocycles. The lowest BCUT2D eigenvalue weighted by Crippen LogP contribution is -2.12. The predicted octanol–water partition coefficient (Wildman–Crippen LogP) is 0.491. The van der Waals surface area contributed by atoms with E-state index in [0.717, 1.165) is 11.3 Å². The summed E-state index contributed by atoms with van der Waals surface area (Å²) in [5.74, 6) is 0. The molecule has 48 valence electrons. The first-order chi connectivity index (χ1) is 4.34. The van der Waals surface area contributed by atoms with Crippen LogP contribution in [0.5, 0.6) is 0 Å². The molecule has 0 amide bonds. The molecule has 1 heterocycles. The Bertz CT molecular complexity index is 249. The number of rotatable bonds is 2. The largest absolute Gasteiger partial charge is 0.325 e. The van der Waals surface area contributed by atoms with Crippen molar-refractivity contribution in [2.75, 3.05) is 0 Å².